The first-order valence-corrected chi connectivity index (χ1v) is 5.20. The molecule has 2 bridgehead atoms. The Balaban J connectivity index is 0.000000168. The van der Waals surface area contributed by atoms with E-state index in [2.05, 4.69) is 19.1 Å². The molecule has 82 valence electrons. The van der Waals surface area contributed by atoms with Crippen LogP contribution in [0.4, 0.5) is 0 Å². The number of rotatable bonds is 1. The first kappa shape index (κ1) is 11.7. The first-order chi connectivity index (χ1) is 6.29. The zero-order valence-corrected chi connectivity index (χ0v) is 8.15. The monoisotopic (exact) mass is 198 g/mol. The van der Waals surface area contributed by atoms with Gasteiger partial charge < -0.3 is 9.84 Å². The van der Waals surface area contributed by atoms with Gasteiger partial charge in [-0.05, 0) is 37.5 Å². The van der Waals surface area contributed by atoms with Crippen LogP contribution in [0.3, 0.4) is 0 Å². The van der Waals surface area contributed by atoms with Gasteiger partial charge in [-0.1, -0.05) is 19.6 Å². The average Bonchev–Trinajstić information content (AvgIpc) is 2.72. The molecule has 1 saturated carbocycles. The molecule has 1 heterocycles. The van der Waals surface area contributed by atoms with E-state index in [4.69, 9.17) is 9.84 Å². The maximum atomic E-state index is 8.85. The predicted molar refractivity (Wildman–Crippen MR) is 58.1 cm³/mol. The number of aliphatic hydroxyl groups excluding tert-OH is 1. The number of hydrogen-bond acceptors (Lipinski definition) is 2. The van der Waals surface area contributed by atoms with E-state index in [1.807, 2.05) is 0 Å². The van der Waals surface area contributed by atoms with Crippen molar-refractivity contribution in [1.82, 2.24) is 0 Å². The Morgan fingerprint density at radius 3 is 2.21 bits per heavy atom. The van der Waals surface area contributed by atoms with E-state index >= 15 is 0 Å². The van der Waals surface area contributed by atoms with E-state index < -0.39 is 0 Å². The second-order valence-electron chi connectivity index (χ2n) is 4.37. The lowest BCUT2D eigenvalue weighted by Crippen LogP contribution is -2.10. The van der Waals surface area contributed by atoms with Crippen molar-refractivity contribution >= 4 is 0 Å². The van der Waals surface area contributed by atoms with Gasteiger partial charge in [0, 0.05) is 6.61 Å². The summed E-state index contributed by atoms with van der Waals surface area (Å²) in [6, 6.07) is 0. The number of hydrogen-bond donors (Lipinski definition) is 1. The molecule has 2 heteroatoms. The topological polar surface area (TPSA) is 32.8 Å². The van der Waals surface area contributed by atoms with Crippen LogP contribution < -0.4 is 0 Å². The minimum atomic E-state index is 0. The van der Waals surface area contributed by atoms with Crippen molar-refractivity contribution in [3.8, 4) is 0 Å². The van der Waals surface area contributed by atoms with Crippen molar-refractivity contribution in [2.45, 2.75) is 33.3 Å². The van der Waals surface area contributed by atoms with E-state index in [9.17, 15) is 0 Å². The van der Waals surface area contributed by atoms with Gasteiger partial charge >= 0.3 is 0 Å². The summed E-state index contributed by atoms with van der Waals surface area (Å²) in [7, 11) is 0. The highest BCUT2D eigenvalue weighted by Gasteiger charge is 2.34. The molecule has 2 fully saturated rings. The molecule has 3 aliphatic rings. The van der Waals surface area contributed by atoms with E-state index in [-0.39, 0.29) is 7.43 Å². The molecule has 0 amide bonds. The summed E-state index contributed by atoms with van der Waals surface area (Å²) in [4.78, 5) is 0. The smallest absolute Gasteiger partial charge is 0.0781 e. The van der Waals surface area contributed by atoms with Crippen molar-refractivity contribution in [1.29, 1.82) is 0 Å². The number of fused-ring (bicyclic) bond motifs is 2. The molecule has 2 nitrogen and oxygen atoms in total. The zero-order valence-electron chi connectivity index (χ0n) is 8.15. The number of ether oxygens (including phenoxy) is 1. The molecular weight excluding hydrogens is 176 g/mol. The van der Waals surface area contributed by atoms with Crippen molar-refractivity contribution in [2.75, 3.05) is 13.2 Å². The minimum absolute atomic E-state index is 0. The molecule has 0 aromatic rings. The molecule has 0 radical (unpaired) electrons. The normalized spacial score (nSPS) is 41.3. The summed E-state index contributed by atoms with van der Waals surface area (Å²) in [5, 5.41) is 8.85. The lowest BCUT2D eigenvalue weighted by Gasteiger charge is -2.13. The SMILES string of the molecule is C.CC1CO1.OCC1CC2C=CC1C2. The van der Waals surface area contributed by atoms with Crippen LogP contribution in [0.25, 0.3) is 0 Å². The van der Waals surface area contributed by atoms with Crippen molar-refractivity contribution in [2.24, 2.45) is 17.8 Å². The Morgan fingerprint density at radius 1 is 1.36 bits per heavy atom. The van der Waals surface area contributed by atoms with Gasteiger partial charge in [-0.25, -0.2) is 0 Å². The first-order valence-electron chi connectivity index (χ1n) is 5.20. The van der Waals surface area contributed by atoms with Gasteiger partial charge in [-0.2, -0.15) is 0 Å². The fourth-order valence-electron chi connectivity index (χ4n) is 2.20. The summed E-state index contributed by atoms with van der Waals surface area (Å²) in [5.74, 6) is 2.13. The Labute approximate surface area is 87.0 Å². The molecule has 14 heavy (non-hydrogen) atoms. The molecule has 1 N–H and O–H groups in total. The third kappa shape index (κ3) is 2.82. The van der Waals surface area contributed by atoms with Crippen LogP contribution in [0.1, 0.15) is 27.2 Å². The Morgan fingerprint density at radius 2 is 2.00 bits per heavy atom. The van der Waals surface area contributed by atoms with Crippen LogP contribution in [0.2, 0.25) is 0 Å². The second-order valence-corrected chi connectivity index (χ2v) is 4.37. The Kier molecular flexibility index (Phi) is 4.14. The van der Waals surface area contributed by atoms with Crippen LogP contribution in [-0.4, -0.2) is 24.4 Å². The molecule has 0 aromatic heterocycles. The third-order valence-corrected chi connectivity index (χ3v) is 3.15. The highest BCUT2D eigenvalue weighted by molar-refractivity contribution is 5.09. The van der Waals surface area contributed by atoms with Gasteiger partial charge in [0.2, 0.25) is 0 Å². The van der Waals surface area contributed by atoms with Gasteiger partial charge in [-0.15, -0.1) is 0 Å². The van der Waals surface area contributed by atoms with Gasteiger partial charge in [-0.3, -0.25) is 0 Å². The van der Waals surface area contributed by atoms with E-state index in [0.717, 1.165) is 18.4 Å². The van der Waals surface area contributed by atoms with Crippen LogP contribution in [0.15, 0.2) is 12.2 Å². The van der Waals surface area contributed by atoms with Crippen LogP contribution in [0, 0.1) is 17.8 Å². The largest absolute Gasteiger partial charge is 0.396 e. The summed E-state index contributed by atoms with van der Waals surface area (Å²) < 4.78 is 4.71. The summed E-state index contributed by atoms with van der Waals surface area (Å²) in [6.07, 6.45) is 7.70. The van der Waals surface area contributed by atoms with Gasteiger partial charge in [0.1, 0.15) is 0 Å². The van der Waals surface area contributed by atoms with Gasteiger partial charge in [0.15, 0.2) is 0 Å². The predicted octanol–water partition coefficient (Wildman–Crippen LogP) is 2.23. The van der Waals surface area contributed by atoms with Crippen LogP contribution in [0.5, 0.6) is 0 Å². The number of allylic oxidation sites excluding steroid dienone is 2. The van der Waals surface area contributed by atoms with E-state index in [1.165, 1.54) is 12.8 Å². The lowest BCUT2D eigenvalue weighted by molar-refractivity contribution is 0.207. The molecular formula is C12H22O2. The second kappa shape index (κ2) is 4.94. The standard InChI is InChI=1S/C8H12O.C3H6O.CH4/c9-5-8-4-6-1-2-7(8)3-6;1-3-2-4-3;/h1-2,6-9H,3-5H2;3H,2H2,1H3;1H4. The number of epoxide rings is 1. The van der Waals surface area contributed by atoms with Gasteiger partial charge in [0.05, 0.1) is 12.7 Å². The fourth-order valence-corrected chi connectivity index (χ4v) is 2.20. The molecule has 0 spiro atoms. The molecule has 3 rings (SSSR count). The molecule has 4 atom stereocenters. The van der Waals surface area contributed by atoms with Crippen LogP contribution in [-0.2, 0) is 4.74 Å². The Hall–Kier alpha value is -0.340. The van der Waals surface area contributed by atoms with Gasteiger partial charge in [0.25, 0.3) is 0 Å². The summed E-state index contributed by atoms with van der Waals surface area (Å²) in [6.45, 7) is 3.44. The van der Waals surface area contributed by atoms with Crippen molar-refractivity contribution < 1.29 is 9.84 Å². The molecule has 0 aromatic carbocycles. The van der Waals surface area contributed by atoms with Crippen LogP contribution >= 0.6 is 0 Å². The Bertz CT molecular complexity index is 196. The fraction of sp³-hybridized carbons (Fsp3) is 0.833. The summed E-state index contributed by atoms with van der Waals surface area (Å²) >= 11 is 0. The zero-order chi connectivity index (χ0) is 9.26. The van der Waals surface area contributed by atoms with E-state index in [0.29, 0.717) is 18.6 Å². The highest BCUT2D eigenvalue weighted by Crippen LogP contribution is 2.42. The third-order valence-electron chi connectivity index (χ3n) is 3.15. The van der Waals surface area contributed by atoms with E-state index in [1.54, 1.807) is 0 Å². The summed E-state index contributed by atoms with van der Waals surface area (Å²) in [5.41, 5.74) is 0. The van der Waals surface area contributed by atoms with Crippen molar-refractivity contribution in [3.63, 3.8) is 0 Å². The molecule has 1 aliphatic heterocycles. The molecule has 4 unspecified atom stereocenters. The average molecular weight is 198 g/mol. The lowest BCUT2D eigenvalue weighted by atomic mass is 9.95. The molecule has 1 saturated heterocycles. The highest BCUT2D eigenvalue weighted by atomic mass is 16.6. The number of aliphatic hydroxyl groups is 1. The maximum Gasteiger partial charge on any atom is 0.0781 e. The molecule has 2 aliphatic carbocycles. The maximum absolute atomic E-state index is 8.85. The van der Waals surface area contributed by atoms with Crippen molar-refractivity contribution in [3.05, 3.63) is 12.2 Å². The quantitative estimate of drug-likeness (QED) is 0.517. The minimum Gasteiger partial charge on any atom is -0.396 e.